The monoisotopic (exact) mass is 529 g/mol. The van der Waals surface area contributed by atoms with Crippen LogP contribution in [0.2, 0.25) is 0 Å². The second kappa shape index (κ2) is 11.9. The van der Waals surface area contributed by atoms with E-state index in [0.717, 1.165) is 34.4 Å². The Kier molecular flexibility index (Phi) is 8.14. The quantitative estimate of drug-likeness (QED) is 0.200. The number of para-hydroxylation sites is 1. The Morgan fingerprint density at radius 3 is 1.76 bits per heavy atom. The summed E-state index contributed by atoms with van der Waals surface area (Å²) < 4.78 is 39.0. The molecule has 1 heterocycles. The Hall–Kier alpha value is -3.57. The van der Waals surface area contributed by atoms with Gasteiger partial charge in [0.15, 0.2) is 17.3 Å². The summed E-state index contributed by atoms with van der Waals surface area (Å²) in [6, 6.07) is 33.4. The van der Waals surface area contributed by atoms with Crippen molar-refractivity contribution >= 4 is 13.3 Å². The van der Waals surface area contributed by atoms with Gasteiger partial charge in [-0.15, -0.1) is 0 Å². The van der Waals surface area contributed by atoms with Gasteiger partial charge in [0.05, 0.1) is 27.4 Å². The van der Waals surface area contributed by atoms with Crippen molar-refractivity contribution < 1.29 is 23.1 Å². The molecule has 0 aliphatic carbocycles. The summed E-state index contributed by atoms with van der Waals surface area (Å²) in [6.07, 6.45) is 0.748. The number of anilines is 1. The first-order valence-electron chi connectivity index (χ1n) is 12.6. The molecule has 0 aromatic heterocycles. The highest BCUT2D eigenvalue weighted by Gasteiger charge is 2.45. The van der Waals surface area contributed by atoms with Gasteiger partial charge in [0.25, 0.3) is 0 Å². The lowest BCUT2D eigenvalue weighted by Gasteiger charge is -2.42. The van der Waals surface area contributed by atoms with E-state index in [1.54, 1.807) is 14.2 Å². The van der Waals surface area contributed by atoms with Crippen LogP contribution in [-0.4, -0.2) is 20.8 Å². The molecule has 1 aliphatic heterocycles. The average molecular weight is 530 g/mol. The van der Waals surface area contributed by atoms with E-state index in [-0.39, 0.29) is 13.2 Å². The molecule has 0 radical (unpaired) electrons. The molecule has 1 aliphatic rings. The highest BCUT2D eigenvalue weighted by molar-refractivity contribution is 7.54. The minimum absolute atomic E-state index is 0.161. The molecule has 4 aromatic carbocycles. The van der Waals surface area contributed by atoms with Gasteiger partial charge >= 0.3 is 7.60 Å². The average Bonchev–Trinajstić information content (AvgIpc) is 2.99. The molecule has 0 saturated carbocycles. The molecule has 0 saturated heterocycles. The predicted molar refractivity (Wildman–Crippen MR) is 150 cm³/mol. The van der Waals surface area contributed by atoms with Crippen molar-refractivity contribution in [2.75, 3.05) is 25.7 Å². The smallest absolute Gasteiger partial charge is 0.358 e. The molecule has 0 N–H and O–H groups in total. The van der Waals surface area contributed by atoms with Crippen molar-refractivity contribution in [3.8, 4) is 11.5 Å². The number of hydrogen-bond acceptors (Lipinski definition) is 6. The van der Waals surface area contributed by atoms with Crippen molar-refractivity contribution in [2.45, 2.75) is 25.4 Å². The highest BCUT2D eigenvalue weighted by Crippen LogP contribution is 2.65. The van der Waals surface area contributed by atoms with Crippen LogP contribution in [0.1, 0.15) is 28.0 Å². The molecule has 0 fully saturated rings. The van der Waals surface area contributed by atoms with E-state index in [4.69, 9.17) is 18.5 Å². The predicted octanol–water partition coefficient (Wildman–Crippen LogP) is 7.39. The molecule has 0 amide bonds. The van der Waals surface area contributed by atoms with Crippen LogP contribution in [0.25, 0.3) is 0 Å². The summed E-state index contributed by atoms with van der Waals surface area (Å²) in [4.78, 5) is 2.13. The van der Waals surface area contributed by atoms with E-state index in [1.807, 2.05) is 103 Å². The zero-order chi connectivity index (χ0) is 26.4. The molecule has 7 heteroatoms. The van der Waals surface area contributed by atoms with E-state index in [0.29, 0.717) is 18.0 Å². The van der Waals surface area contributed by atoms with Crippen molar-refractivity contribution in [1.82, 2.24) is 0 Å². The molecule has 4 aromatic rings. The number of fused-ring (bicyclic) bond motifs is 1. The van der Waals surface area contributed by atoms with Gasteiger partial charge in [-0.2, -0.15) is 0 Å². The van der Waals surface area contributed by atoms with Crippen LogP contribution in [0, 0.1) is 0 Å². The van der Waals surface area contributed by atoms with Gasteiger partial charge in [-0.05, 0) is 52.9 Å². The van der Waals surface area contributed by atoms with Gasteiger partial charge in [-0.3, -0.25) is 4.57 Å². The van der Waals surface area contributed by atoms with Crippen LogP contribution in [0.3, 0.4) is 0 Å². The van der Waals surface area contributed by atoms with Crippen LogP contribution in [-0.2, 0) is 33.2 Å². The summed E-state index contributed by atoms with van der Waals surface area (Å²) >= 11 is 0. The maximum atomic E-state index is 15.1. The number of methoxy groups -OCH3 is 2. The Bertz CT molecular complexity index is 1330. The maximum absolute atomic E-state index is 15.1. The lowest BCUT2D eigenvalue weighted by molar-refractivity contribution is 0.182. The molecule has 6 nitrogen and oxygen atoms in total. The fourth-order valence-electron chi connectivity index (χ4n) is 4.81. The van der Waals surface area contributed by atoms with E-state index in [9.17, 15) is 0 Å². The van der Waals surface area contributed by atoms with Crippen molar-refractivity contribution in [3.05, 3.63) is 125 Å². The van der Waals surface area contributed by atoms with E-state index >= 15 is 4.57 Å². The normalized spacial score (nSPS) is 15.1. The fraction of sp³-hybridized carbons (Fsp3) is 0.226. The molecule has 0 unspecified atom stereocenters. The van der Waals surface area contributed by atoms with Crippen molar-refractivity contribution in [3.63, 3.8) is 0 Å². The maximum Gasteiger partial charge on any atom is 0.358 e. The summed E-state index contributed by atoms with van der Waals surface area (Å²) in [5.41, 5.74) is 4.68. The molecule has 5 rings (SSSR count). The largest absolute Gasteiger partial charge is 0.493 e. The molecular formula is C31H32NO5P. The van der Waals surface area contributed by atoms with Crippen LogP contribution >= 0.6 is 7.60 Å². The van der Waals surface area contributed by atoms with Crippen molar-refractivity contribution in [2.24, 2.45) is 0 Å². The standard InChI is InChI=1S/C31H32NO5P/c1-34-29-20-26-18-19-32(27-16-10-5-11-17-27)31(28(26)21-30(29)35-2)38(33,36-22-24-12-6-3-7-13-24)37-23-25-14-8-4-9-15-25/h3-17,20-21,31H,18-19,22-23H2,1-2H3/t31-/m0/s1. The third-order valence-corrected chi connectivity index (χ3v) is 8.87. The summed E-state index contributed by atoms with van der Waals surface area (Å²) in [7, 11) is -0.576. The Balaban J connectivity index is 1.61. The van der Waals surface area contributed by atoms with Gasteiger partial charge in [-0.25, -0.2) is 0 Å². The van der Waals surface area contributed by atoms with Crippen LogP contribution in [0.4, 0.5) is 5.69 Å². The topological polar surface area (TPSA) is 57.2 Å². The number of rotatable bonds is 10. The number of nitrogens with zero attached hydrogens (tertiary/aromatic N) is 1. The lowest BCUT2D eigenvalue weighted by atomic mass is 9.98. The third-order valence-electron chi connectivity index (χ3n) is 6.74. The highest BCUT2D eigenvalue weighted by atomic mass is 31.2. The Morgan fingerprint density at radius 2 is 1.24 bits per heavy atom. The molecule has 0 spiro atoms. The van der Waals surface area contributed by atoms with Gasteiger partial charge in [0, 0.05) is 12.2 Å². The Morgan fingerprint density at radius 1 is 0.737 bits per heavy atom. The SMILES string of the molecule is COc1cc2c(cc1OC)[C@H](P(=O)(OCc1ccccc1)OCc1ccccc1)N(c1ccccc1)CC2. The number of hydrogen-bond donors (Lipinski definition) is 0. The first kappa shape index (κ1) is 26.1. The zero-order valence-electron chi connectivity index (χ0n) is 21.7. The Labute approximate surface area is 224 Å². The van der Waals surface area contributed by atoms with Gasteiger partial charge in [0.1, 0.15) is 0 Å². The van der Waals surface area contributed by atoms with Gasteiger partial charge in [-0.1, -0.05) is 78.9 Å². The van der Waals surface area contributed by atoms with Gasteiger partial charge < -0.3 is 23.4 Å². The minimum Gasteiger partial charge on any atom is -0.493 e. The lowest BCUT2D eigenvalue weighted by Crippen LogP contribution is -2.36. The first-order chi connectivity index (χ1) is 18.6. The van der Waals surface area contributed by atoms with E-state index < -0.39 is 13.4 Å². The summed E-state index contributed by atoms with van der Waals surface area (Å²) in [5, 5.41) is 0. The number of benzene rings is 4. The first-order valence-corrected chi connectivity index (χ1v) is 14.3. The van der Waals surface area contributed by atoms with Crippen LogP contribution in [0.5, 0.6) is 11.5 Å². The summed E-state index contributed by atoms with van der Waals surface area (Å²) in [6.45, 7) is 0.966. The van der Waals surface area contributed by atoms with Crippen LogP contribution < -0.4 is 14.4 Å². The second-order valence-corrected chi connectivity index (χ2v) is 11.2. The van der Waals surface area contributed by atoms with Crippen molar-refractivity contribution in [1.29, 1.82) is 0 Å². The second-order valence-electron chi connectivity index (χ2n) is 9.12. The molecule has 0 bridgehead atoms. The molecule has 1 atom stereocenters. The molecule has 196 valence electrons. The third kappa shape index (κ3) is 5.63. The zero-order valence-corrected chi connectivity index (χ0v) is 22.6. The fourth-order valence-corrected chi connectivity index (χ4v) is 7.00. The number of ether oxygens (including phenoxy) is 2. The minimum atomic E-state index is -3.80. The summed E-state index contributed by atoms with van der Waals surface area (Å²) in [5.74, 6) is 0.535. The van der Waals surface area contributed by atoms with Gasteiger partial charge in [0.2, 0.25) is 0 Å². The van der Waals surface area contributed by atoms with E-state index in [1.165, 1.54) is 0 Å². The molecular weight excluding hydrogens is 497 g/mol. The molecule has 38 heavy (non-hydrogen) atoms. The van der Waals surface area contributed by atoms with Crippen LogP contribution in [0.15, 0.2) is 103 Å². The van der Waals surface area contributed by atoms with E-state index in [2.05, 4.69) is 4.90 Å².